The number of benzene rings is 3. The zero-order chi connectivity index (χ0) is 22.5. The number of rotatable bonds is 6. The number of nitro benzene ring substituents is 1. The number of nitro groups is 1. The van der Waals surface area contributed by atoms with Gasteiger partial charge in [-0.15, -0.1) is 0 Å². The van der Waals surface area contributed by atoms with Gasteiger partial charge in [0, 0.05) is 17.3 Å². The fraction of sp³-hybridized carbons (Fsp3) is 0.130. The van der Waals surface area contributed by atoms with Gasteiger partial charge in [0.15, 0.2) is 0 Å². The van der Waals surface area contributed by atoms with Crippen LogP contribution >= 0.6 is 11.6 Å². The molecule has 0 saturated carbocycles. The van der Waals surface area contributed by atoms with Gasteiger partial charge in [-0.25, -0.2) is 4.79 Å². The molecule has 1 unspecified atom stereocenters. The van der Waals surface area contributed by atoms with Gasteiger partial charge in [0.05, 0.1) is 10.5 Å². The molecule has 0 bridgehead atoms. The van der Waals surface area contributed by atoms with E-state index in [-0.39, 0.29) is 10.6 Å². The van der Waals surface area contributed by atoms with E-state index in [1.54, 1.807) is 30.3 Å². The van der Waals surface area contributed by atoms with Gasteiger partial charge >= 0.3 is 5.97 Å². The molecule has 1 atom stereocenters. The van der Waals surface area contributed by atoms with Crippen LogP contribution in [-0.4, -0.2) is 16.8 Å². The van der Waals surface area contributed by atoms with Crippen LogP contribution in [0.4, 0.5) is 11.4 Å². The van der Waals surface area contributed by atoms with Crippen LogP contribution in [0.1, 0.15) is 33.2 Å². The first-order chi connectivity index (χ1) is 14.8. The van der Waals surface area contributed by atoms with E-state index in [9.17, 15) is 19.7 Å². The first kappa shape index (κ1) is 22.0. The van der Waals surface area contributed by atoms with Crippen molar-refractivity contribution in [3.8, 4) is 0 Å². The van der Waals surface area contributed by atoms with E-state index in [0.717, 1.165) is 17.2 Å². The quantitative estimate of drug-likeness (QED) is 0.315. The van der Waals surface area contributed by atoms with Crippen LogP contribution in [-0.2, 0) is 9.53 Å². The summed E-state index contributed by atoms with van der Waals surface area (Å²) in [5, 5.41) is 13.8. The molecule has 7 nitrogen and oxygen atoms in total. The summed E-state index contributed by atoms with van der Waals surface area (Å²) in [7, 11) is 0. The second-order valence-electron chi connectivity index (χ2n) is 6.93. The second kappa shape index (κ2) is 9.40. The van der Waals surface area contributed by atoms with Gasteiger partial charge in [0.25, 0.3) is 11.6 Å². The van der Waals surface area contributed by atoms with Crippen molar-refractivity contribution in [1.82, 2.24) is 0 Å². The van der Waals surface area contributed by atoms with Crippen molar-refractivity contribution in [2.24, 2.45) is 0 Å². The van der Waals surface area contributed by atoms with Gasteiger partial charge in [-0.3, -0.25) is 14.9 Å². The lowest BCUT2D eigenvalue weighted by Gasteiger charge is -2.19. The van der Waals surface area contributed by atoms with Crippen molar-refractivity contribution in [2.75, 3.05) is 5.32 Å². The zero-order valence-electron chi connectivity index (χ0n) is 16.8. The summed E-state index contributed by atoms with van der Waals surface area (Å²) in [5.74, 6) is -1.43. The average molecular weight is 439 g/mol. The predicted octanol–water partition coefficient (Wildman–Crippen LogP) is 5.40. The Morgan fingerprint density at radius 1 is 1.03 bits per heavy atom. The summed E-state index contributed by atoms with van der Waals surface area (Å²) < 4.78 is 5.48. The number of nitrogens with zero attached hydrogens (tertiary/aromatic N) is 1. The molecule has 0 aromatic heterocycles. The third kappa shape index (κ3) is 5.26. The predicted molar refractivity (Wildman–Crippen MR) is 117 cm³/mol. The molecule has 31 heavy (non-hydrogen) atoms. The number of hydrogen-bond donors (Lipinski definition) is 1. The maximum absolute atomic E-state index is 13.1. The molecular formula is C23H19ClN2O5. The van der Waals surface area contributed by atoms with E-state index in [1.165, 1.54) is 12.1 Å². The Balaban J connectivity index is 1.90. The molecule has 0 saturated heterocycles. The molecule has 0 spiro atoms. The number of carbonyl (C=O) groups is 2. The second-order valence-corrected chi connectivity index (χ2v) is 7.33. The summed E-state index contributed by atoms with van der Waals surface area (Å²) in [4.78, 5) is 36.2. The van der Waals surface area contributed by atoms with Crippen molar-refractivity contribution in [3.05, 3.63) is 104 Å². The molecule has 0 fully saturated rings. The number of ether oxygens (including phenoxy) is 1. The van der Waals surface area contributed by atoms with Gasteiger partial charge in [-0.1, -0.05) is 54.1 Å². The molecule has 0 aliphatic heterocycles. The summed E-state index contributed by atoms with van der Waals surface area (Å²) >= 11 is 5.81. The van der Waals surface area contributed by atoms with E-state index < -0.39 is 28.6 Å². The van der Waals surface area contributed by atoms with Crippen molar-refractivity contribution >= 4 is 34.9 Å². The van der Waals surface area contributed by atoms with Gasteiger partial charge in [-0.05, 0) is 43.2 Å². The van der Waals surface area contributed by atoms with Crippen molar-refractivity contribution < 1.29 is 19.2 Å². The smallest absolute Gasteiger partial charge is 0.339 e. The highest BCUT2D eigenvalue weighted by Crippen LogP contribution is 2.28. The number of amides is 1. The minimum atomic E-state index is -1.26. The molecule has 158 valence electrons. The number of esters is 1. The fourth-order valence-corrected chi connectivity index (χ4v) is 3.11. The Labute approximate surface area is 183 Å². The van der Waals surface area contributed by atoms with E-state index in [0.29, 0.717) is 11.3 Å². The van der Waals surface area contributed by atoms with Crippen LogP contribution in [0.2, 0.25) is 5.02 Å². The Bertz CT molecular complexity index is 1150. The first-order valence-corrected chi connectivity index (χ1v) is 9.72. The number of carbonyl (C=O) groups excluding carboxylic acids is 2. The molecule has 3 aromatic carbocycles. The number of nitrogens with one attached hydrogen (secondary N) is 1. The highest BCUT2D eigenvalue weighted by atomic mass is 35.5. The van der Waals surface area contributed by atoms with Crippen LogP contribution in [0.25, 0.3) is 0 Å². The molecule has 0 radical (unpaired) electrons. The summed E-state index contributed by atoms with van der Waals surface area (Å²) in [6.45, 7) is 3.75. The lowest BCUT2D eigenvalue weighted by Crippen LogP contribution is -2.26. The summed E-state index contributed by atoms with van der Waals surface area (Å²) in [5.41, 5.74) is 2.36. The molecule has 1 amide bonds. The molecule has 3 rings (SSSR count). The van der Waals surface area contributed by atoms with Crippen molar-refractivity contribution in [2.45, 2.75) is 20.0 Å². The van der Waals surface area contributed by atoms with E-state index in [1.807, 2.05) is 32.0 Å². The van der Waals surface area contributed by atoms with Crippen molar-refractivity contribution in [3.63, 3.8) is 0 Å². The lowest BCUT2D eigenvalue weighted by atomic mass is 10.1. The average Bonchev–Trinajstić information content (AvgIpc) is 2.75. The Morgan fingerprint density at radius 3 is 2.42 bits per heavy atom. The monoisotopic (exact) mass is 438 g/mol. The first-order valence-electron chi connectivity index (χ1n) is 9.34. The molecular weight excluding hydrogens is 420 g/mol. The van der Waals surface area contributed by atoms with E-state index in [4.69, 9.17) is 16.3 Å². The Morgan fingerprint density at radius 2 is 1.74 bits per heavy atom. The normalized spacial score (nSPS) is 11.5. The van der Waals surface area contributed by atoms with Gasteiger partial charge in [0.2, 0.25) is 6.10 Å². The van der Waals surface area contributed by atoms with Crippen molar-refractivity contribution in [1.29, 1.82) is 0 Å². The SMILES string of the molecule is Cc1ccc(C)c(NC(=O)C(OC(=O)c2ccc(Cl)c([N+](=O)[O-])c2)c2ccccc2)c1. The number of aryl methyl sites for hydroxylation is 2. The number of halogens is 1. The van der Waals surface area contributed by atoms with Gasteiger partial charge < -0.3 is 10.1 Å². The summed E-state index contributed by atoms with van der Waals surface area (Å²) in [6.07, 6.45) is -1.26. The maximum Gasteiger partial charge on any atom is 0.339 e. The van der Waals surface area contributed by atoms with Crippen LogP contribution in [0.3, 0.4) is 0 Å². The molecule has 0 aliphatic carbocycles. The van der Waals surface area contributed by atoms with E-state index in [2.05, 4.69) is 5.32 Å². The lowest BCUT2D eigenvalue weighted by molar-refractivity contribution is -0.384. The standard InChI is InChI=1S/C23H19ClN2O5/c1-14-8-9-15(2)19(12-14)25-22(27)21(16-6-4-3-5-7-16)31-23(28)17-10-11-18(24)20(13-17)26(29)30/h3-13,21H,1-2H3,(H,25,27). The molecule has 8 heteroatoms. The Hall–Kier alpha value is -3.71. The number of anilines is 1. The van der Waals surface area contributed by atoms with Crippen LogP contribution in [0.5, 0.6) is 0 Å². The molecule has 1 N–H and O–H groups in total. The Kier molecular flexibility index (Phi) is 6.67. The van der Waals surface area contributed by atoms with Gasteiger partial charge in [0.1, 0.15) is 5.02 Å². The van der Waals surface area contributed by atoms with Crippen LogP contribution in [0, 0.1) is 24.0 Å². The minimum Gasteiger partial charge on any atom is -0.444 e. The topological polar surface area (TPSA) is 98.5 Å². The molecule has 0 aliphatic rings. The van der Waals surface area contributed by atoms with E-state index >= 15 is 0 Å². The van der Waals surface area contributed by atoms with Crippen LogP contribution in [0.15, 0.2) is 66.7 Å². The van der Waals surface area contributed by atoms with Gasteiger partial charge in [-0.2, -0.15) is 0 Å². The molecule has 0 heterocycles. The zero-order valence-corrected chi connectivity index (χ0v) is 17.6. The highest BCUT2D eigenvalue weighted by molar-refractivity contribution is 6.32. The largest absolute Gasteiger partial charge is 0.444 e. The highest BCUT2D eigenvalue weighted by Gasteiger charge is 2.27. The summed E-state index contributed by atoms with van der Waals surface area (Å²) in [6, 6.07) is 17.7. The minimum absolute atomic E-state index is 0.0865. The number of hydrogen-bond acceptors (Lipinski definition) is 5. The molecule has 3 aromatic rings. The third-order valence-electron chi connectivity index (χ3n) is 4.59. The fourth-order valence-electron chi connectivity index (χ4n) is 2.92. The van der Waals surface area contributed by atoms with Crippen LogP contribution < -0.4 is 5.32 Å². The maximum atomic E-state index is 13.1. The third-order valence-corrected chi connectivity index (χ3v) is 4.91.